The van der Waals surface area contributed by atoms with E-state index in [9.17, 15) is 5.11 Å². The van der Waals surface area contributed by atoms with Crippen molar-refractivity contribution in [2.45, 2.75) is 51.9 Å². The molecular formula is C18H26O3. The van der Waals surface area contributed by atoms with Crippen molar-refractivity contribution in [3.8, 4) is 18.1 Å². The number of benzene rings is 1. The van der Waals surface area contributed by atoms with Gasteiger partial charge < -0.3 is 14.6 Å². The van der Waals surface area contributed by atoms with E-state index in [4.69, 9.17) is 15.9 Å². The summed E-state index contributed by atoms with van der Waals surface area (Å²) in [5.74, 6) is 3.64. The van der Waals surface area contributed by atoms with Gasteiger partial charge in [-0.15, -0.1) is 6.42 Å². The molecule has 0 bridgehead atoms. The standard InChI is InChI=1S/C18H26O3/c1-5-7-16(19)12-14(3)18(6-2)21-13-15-8-10-17(20-4)11-9-15/h2,8-11,14,16,18-19H,5,7,12-13H2,1,3-4H3. The number of ether oxygens (including phenoxy) is 2. The minimum atomic E-state index is -0.301. The van der Waals surface area contributed by atoms with Crippen LogP contribution in [0, 0.1) is 18.3 Å². The van der Waals surface area contributed by atoms with Crippen molar-refractivity contribution in [2.75, 3.05) is 7.11 Å². The molecule has 1 aromatic rings. The Balaban J connectivity index is 2.47. The molecule has 3 atom stereocenters. The summed E-state index contributed by atoms with van der Waals surface area (Å²) in [7, 11) is 1.64. The van der Waals surface area contributed by atoms with Crippen LogP contribution in [0.2, 0.25) is 0 Å². The van der Waals surface area contributed by atoms with Crippen LogP contribution in [0.3, 0.4) is 0 Å². The molecule has 1 N–H and O–H groups in total. The number of terminal acetylenes is 1. The van der Waals surface area contributed by atoms with Crippen molar-refractivity contribution in [3.63, 3.8) is 0 Å². The zero-order chi connectivity index (χ0) is 15.7. The number of hydrogen-bond acceptors (Lipinski definition) is 3. The molecule has 0 spiro atoms. The fraction of sp³-hybridized carbons (Fsp3) is 0.556. The van der Waals surface area contributed by atoms with Gasteiger partial charge in [0.05, 0.1) is 19.8 Å². The van der Waals surface area contributed by atoms with E-state index in [0.29, 0.717) is 13.0 Å². The van der Waals surface area contributed by atoms with Gasteiger partial charge in [-0.25, -0.2) is 0 Å². The zero-order valence-electron chi connectivity index (χ0n) is 13.2. The van der Waals surface area contributed by atoms with Crippen LogP contribution in [0.5, 0.6) is 5.75 Å². The summed E-state index contributed by atoms with van der Waals surface area (Å²) in [6.07, 6.45) is 7.43. The highest BCUT2D eigenvalue weighted by Crippen LogP contribution is 2.18. The van der Waals surface area contributed by atoms with E-state index in [1.165, 1.54) is 0 Å². The SMILES string of the molecule is C#CC(OCc1ccc(OC)cc1)C(C)CC(O)CCC. The van der Waals surface area contributed by atoms with Gasteiger partial charge in [-0.3, -0.25) is 0 Å². The highest BCUT2D eigenvalue weighted by molar-refractivity contribution is 5.26. The maximum absolute atomic E-state index is 9.87. The first kappa shape index (κ1) is 17.6. The normalized spacial score (nSPS) is 15.0. The van der Waals surface area contributed by atoms with Crippen LogP contribution >= 0.6 is 0 Å². The molecule has 3 unspecified atom stereocenters. The van der Waals surface area contributed by atoms with Crippen molar-refractivity contribution < 1.29 is 14.6 Å². The molecule has 3 nitrogen and oxygen atoms in total. The highest BCUT2D eigenvalue weighted by atomic mass is 16.5. The highest BCUT2D eigenvalue weighted by Gasteiger charge is 2.19. The van der Waals surface area contributed by atoms with Crippen LogP contribution in [-0.2, 0) is 11.3 Å². The maximum atomic E-state index is 9.87. The fourth-order valence-electron chi connectivity index (χ4n) is 2.29. The van der Waals surface area contributed by atoms with Crippen molar-refractivity contribution in [3.05, 3.63) is 29.8 Å². The topological polar surface area (TPSA) is 38.7 Å². The molecule has 0 aliphatic heterocycles. The van der Waals surface area contributed by atoms with Crippen molar-refractivity contribution in [1.29, 1.82) is 0 Å². The molecular weight excluding hydrogens is 264 g/mol. The summed E-state index contributed by atoms with van der Waals surface area (Å²) in [6, 6.07) is 7.72. The quantitative estimate of drug-likeness (QED) is 0.708. The first-order valence-electron chi connectivity index (χ1n) is 7.49. The third-order valence-electron chi connectivity index (χ3n) is 3.54. The van der Waals surface area contributed by atoms with Gasteiger partial charge in [-0.1, -0.05) is 38.3 Å². The molecule has 0 aliphatic rings. The van der Waals surface area contributed by atoms with Gasteiger partial charge in [0, 0.05) is 0 Å². The van der Waals surface area contributed by atoms with Crippen LogP contribution in [-0.4, -0.2) is 24.4 Å². The second kappa shape index (κ2) is 9.44. The van der Waals surface area contributed by atoms with Gasteiger partial charge in [0.2, 0.25) is 0 Å². The maximum Gasteiger partial charge on any atom is 0.121 e. The molecule has 21 heavy (non-hydrogen) atoms. The lowest BCUT2D eigenvalue weighted by Crippen LogP contribution is -2.24. The molecule has 1 aromatic carbocycles. The lowest BCUT2D eigenvalue weighted by Gasteiger charge is -2.22. The van der Waals surface area contributed by atoms with E-state index < -0.39 is 0 Å². The third kappa shape index (κ3) is 6.20. The summed E-state index contributed by atoms with van der Waals surface area (Å²) >= 11 is 0. The number of aliphatic hydroxyl groups excluding tert-OH is 1. The average molecular weight is 290 g/mol. The van der Waals surface area contributed by atoms with E-state index in [0.717, 1.165) is 24.2 Å². The van der Waals surface area contributed by atoms with Crippen LogP contribution in [0.1, 0.15) is 38.7 Å². The van der Waals surface area contributed by atoms with Crippen LogP contribution in [0.4, 0.5) is 0 Å². The van der Waals surface area contributed by atoms with Crippen LogP contribution < -0.4 is 4.74 Å². The number of hydrogen-bond donors (Lipinski definition) is 1. The van der Waals surface area contributed by atoms with Gasteiger partial charge in [0.15, 0.2) is 0 Å². The molecule has 0 heterocycles. The second-order valence-electron chi connectivity index (χ2n) is 5.40. The Morgan fingerprint density at radius 1 is 1.29 bits per heavy atom. The molecule has 3 heteroatoms. The summed E-state index contributed by atoms with van der Waals surface area (Å²) in [5, 5.41) is 9.87. The van der Waals surface area contributed by atoms with E-state index >= 15 is 0 Å². The van der Waals surface area contributed by atoms with Crippen molar-refractivity contribution >= 4 is 0 Å². The predicted molar refractivity (Wildman–Crippen MR) is 85.1 cm³/mol. The van der Waals surface area contributed by atoms with Crippen LogP contribution in [0.25, 0.3) is 0 Å². The van der Waals surface area contributed by atoms with Gasteiger partial charge in [-0.2, -0.15) is 0 Å². The number of aliphatic hydroxyl groups is 1. The lowest BCUT2D eigenvalue weighted by atomic mass is 9.96. The molecule has 0 saturated heterocycles. The minimum Gasteiger partial charge on any atom is -0.497 e. The number of methoxy groups -OCH3 is 1. The monoisotopic (exact) mass is 290 g/mol. The first-order chi connectivity index (χ1) is 10.1. The van der Waals surface area contributed by atoms with E-state index in [1.807, 2.05) is 31.2 Å². The molecule has 1 rings (SSSR count). The first-order valence-corrected chi connectivity index (χ1v) is 7.49. The smallest absolute Gasteiger partial charge is 0.121 e. The molecule has 116 valence electrons. The molecule has 0 saturated carbocycles. The molecule has 0 aliphatic carbocycles. The predicted octanol–water partition coefficient (Wildman–Crippen LogP) is 3.40. The molecule has 0 aromatic heterocycles. The summed E-state index contributed by atoms with van der Waals surface area (Å²) in [6.45, 7) is 4.55. The Morgan fingerprint density at radius 2 is 1.95 bits per heavy atom. The van der Waals surface area contributed by atoms with E-state index in [-0.39, 0.29) is 18.1 Å². The number of rotatable bonds is 9. The van der Waals surface area contributed by atoms with Gasteiger partial charge >= 0.3 is 0 Å². The van der Waals surface area contributed by atoms with E-state index in [2.05, 4.69) is 12.8 Å². The summed E-state index contributed by atoms with van der Waals surface area (Å²) in [5.41, 5.74) is 1.05. The zero-order valence-corrected chi connectivity index (χ0v) is 13.2. The Kier molecular flexibility index (Phi) is 7.89. The largest absolute Gasteiger partial charge is 0.497 e. The summed E-state index contributed by atoms with van der Waals surface area (Å²) < 4.78 is 10.9. The van der Waals surface area contributed by atoms with Crippen LogP contribution in [0.15, 0.2) is 24.3 Å². The van der Waals surface area contributed by atoms with Gasteiger partial charge in [0.25, 0.3) is 0 Å². The Labute approximate surface area is 128 Å². The second-order valence-corrected chi connectivity index (χ2v) is 5.40. The Morgan fingerprint density at radius 3 is 2.48 bits per heavy atom. The molecule has 0 amide bonds. The van der Waals surface area contributed by atoms with Gasteiger partial charge in [-0.05, 0) is 36.5 Å². The third-order valence-corrected chi connectivity index (χ3v) is 3.54. The minimum absolute atomic E-state index is 0.134. The average Bonchev–Trinajstić information content (AvgIpc) is 2.48. The summed E-state index contributed by atoms with van der Waals surface area (Å²) in [4.78, 5) is 0. The van der Waals surface area contributed by atoms with Gasteiger partial charge in [0.1, 0.15) is 11.9 Å². The molecule has 0 fully saturated rings. The Hall–Kier alpha value is -1.50. The molecule has 0 radical (unpaired) electrons. The lowest BCUT2D eigenvalue weighted by molar-refractivity contribution is 0.0234. The van der Waals surface area contributed by atoms with Crippen molar-refractivity contribution in [1.82, 2.24) is 0 Å². The Bertz CT molecular complexity index is 433. The fourth-order valence-corrected chi connectivity index (χ4v) is 2.29. The van der Waals surface area contributed by atoms with E-state index in [1.54, 1.807) is 7.11 Å². The van der Waals surface area contributed by atoms with Crippen molar-refractivity contribution in [2.24, 2.45) is 5.92 Å².